The maximum absolute atomic E-state index is 11.6. The Balaban J connectivity index is 2.29. The fraction of sp³-hybridized carbons (Fsp3) is 0.895. The van der Waals surface area contributed by atoms with Gasteiger partial charge in [-0.05, 0) is 53.4 Å². The monoisotopic (exact) mass is 358 g/mol. The van der Waals surface area contributed by atoms with Crippen molar-refractivity contribution in [3.05, 3.63) is 0 Å². The number of hydrogen-bond acceptors (Lipinski definition) is 6. The van der Waals surface area contributed by atoms with Crippen LogP contribution in [0.2, 0.25) is 0 Å². The van der Waals surface area contributed by atoms with E-state index in [4.69, 9.17) is 18.9 Å². The molecule has 146 valence electrons. The van der Waals surface area contributed by atoms with Crippen LogP contribution in [0.1, 0.15) is 79.6 Å². The van der Waals surface area contributed by atoms with Gasteiger partial charge in [-0.25, -0.2) is 0 Å². The fourth-order valence-electron chi connectivity index (χ4n) is 3.19. The highest BCUT2D eigenvalue weighted by atomic mass is 16.7. The Morgan fingerprint density at radius 2 is 1.72 bits per heavy atom. The van der Waals surface area contributed by atoms with Crippen LogP contribution in [0.4, 0.5) is 0 Å². The zero-order valence-corrected chi connectivity index (χ0v) is 16.3. The summed E-state index contributed by atoms with van der Waals surface area (Å²) in [7, 11) is 0. The smallest absolute Gasteiger partial charge is 0.305 e. The number of carbonyl (C=O) groups excluding carboxylic acids is 2. The molecule has 0 aromatic rings. The van der Waals surface area contributed by atoms with E-state index in [2.05, 4.69) is 0 Å². The van der Waals surface area contributed by atoms with Crippen molar-refractivity contribution in [3.63, 3.8) is 0 Å². The molecule has 25 heavy (non-hydrogen) atoms. The van der Waals surface area contributed by atoms with Crippen molar-refractivity contribution in [3.8, 4) is 0 Å². The van der Waals surface area contributed by atoms with E-state index >= 15 is 0 Å². The molecule has 1 rings (SSSR count). The number of carbonyl (C=O) groups is 2. The van der Waals surface area contributed by atoms with Crippen LogP contribution >= 0.6 is 0 Å². The van der Waals surface area contributed by atoms with Gasteiger partial charge in [-0.3, -0.25) is 9.59 Å². The standard InChI is InChI=1S/C19H34O6/c1-6-22-18(21)13-12-17-16(24-19(4,5)25-17)11-9-7-8-10-14(2)23-15(3)20/h14,16-17H,6-13H2,1-5H3/t14-,16+,17-/m0/s1. The Morgan fingerprint density at radius 1 is 1.08 bits per heavy atom. The van der Waals surface area contributed by atoms with Crippen LogP contribution in [0.15, 0.2) is 0 Å². The Hall–Kier alpha value is -1.14. The molecule has 0 bridgehead atoms. The van der Waals surface area contributed by atoms with Crippen LogP contribution < -0.4 is 0 Å². The highest BCUT2D eigenvalue weighted by Crippen LogP contribution is 2.33. The third-order valence-electron chi connectivity index (χ3n) is 4.19. The molecule has 1 aliphatic rings. The van der Waals surface area contributed by atoms with Crippen molar-refractivity contribution in [2.24, 2.45) is 0 Å². The minimum Gasteiger partial charge on any atom is -0.466 e. The van der Waals surface area contributed by atoms with Crippen LogP contribution in [0.25, 0.3) is 0 Å². The highest BCUT2D eigenvalue weighted by molar-refractivity contribution is 5.69. The SMILES string of the molecule is CCOC(=O)CC[C@@H]1OC(C)(C)O[C@@H]1CCCCC[C@H](C)OC(C)=O. The zero-order chi connectivity index (χ0) is 18.9. The topological polar surface area (TPSA) is 71.1 Å². The first-order chi connectivity index (χ1) is 11.7. The number of ether oxygens (including phenoxy) is 4. The summed E-state index contributed by atoms with van der Waals surface area (Å²) >= 11 is 0. The van der Waals surface area contributed by atoms with Gasteiger partial charge in [-0.2, -0.15) is 0 Å². The summed E-state index contributed by atoms with van der Waals surface area (Å²) in [6, 6.07) is 0. The molecule has 0 N–H and O–H groups in total. The quantitative estimate of drug-likeness (QED) is 0.414. The Bertz CT molecular complexity index is 420. The van der Waals surface area contributed by atoms with E-state index in [-0.39, 0.29) is 30.3 Å². The van der Waals surface area contributed by atoms with E-state index in [0.29, 0.717) is 19.4 Å². The molecule has 0 spiro atoms. The van der Waals surface area contributed by atoms with Crippen LogP contribution in [-0.4, -0.2) is 42.6 Å². The van der Waals surface area contributed by atoms with E-state index in [1.807, 2.05) is 20.8 Å². The van der Waals surface area contributed by atoms with Gasteiger partial charge in [0.25, 0.3) is 0 Å². The number of esters is 2. The lowest BCUT2D eigenvalue weighted by atomic mass is 10.0. The van der Waals surface area contributed by atoms with Crippen molar-refractivity contribution in [1.29, 1.82) is 0 Å². The molecule has 3 atom stereocenters. The number of unbranched alkanes of at least 4 members (excludes halogenated alkanes) is 2. The Morgan fingerprint density at radius 3 is 2.32 bits per heavy atom. The van der Waals surface area contributed by atoms with Gasteiger partial charge in [0.1, 0.15) is 0 Å². The van der Waals surface area contributed by atoms with Gasteiger partial charge in [0.15, 0.2) is 5.79 Å². The third kappa shape index (κ3) is 9.21. The average Bonchev–Trinajstić information content (AvgIpc) is 2.78. The lowest BCUT2D eigenvalue weighted by molar-refractivity contribution is -0.151. The van der Waals surface area contributed by atoms with Gasteiger partial charge in [0.2, 0.25) is 0 Å². The van der Waals surface area contributed by atoms with Crippen molar-refractivity contribution < 1.29 is 28.5 Å². The summed E-state index contributed by atoms with van der Waals surface area (Å²) in [4.78, 5) is 22.4. The lowest BCUT2D eigenvalue weighted by Crippen LogP contribution is -2.24. The molecule has 6 heteroatoms. The predicted octanol–water partition coefficient (Wildman–Crippen LogP) is 3.75. The molecule has 1 saturated heterocycles. The summed E-state index contributed by atoms with van der Waals surface area (Å²) < 4.78 is 22.0. The second kappa shape index (κ2) is 10.8. The summed E-state index contributed by atoms with van der Waals surface area (Å²) in [6.07, 6.45) is 5.75. The molecule has 6 nitrogen and oxygen atoms in total. The number of hydrogen-bond donors (Lipinski definition) is 0. The Labute approximate surface area is 151 Å². The van der Waals surface area contributed by atoms with Gasteiger partial charge in [-0.1, -0.05) is 12.8 Å². The summed E-state index contributed by atoms with van der Waals surface area (Å²) in [6.45, 7) is 9.38. The van der Waals surface area contributed by atoms with E-state index < -0.39 is 5.79 Å². The molecule has 0 aromatic carbocycles. The van der Waals surface area contributed by atoms with E-state index in [9.17, 15) is 9.59 Å². The summed E-state index contributed by atoms with van der Waals surface area (Å²) in [5, 5.41) is 0. The van der Waals surface area contributed by atoms with Crippen LogP contribution in [-0.2, 0) is 28.5 Å². The molecule has 0 aliphatic carbocycles. The molecule has 0 saturated carbocycles. The first-order valence-corrected chi connectivity index (χ1v) is 9.42. The number of rotatable bonds is 11. The van der Waals surface area contributed by atoms with Crippen molar-refractivity contribution in [2.75, 3.05) is 6.61 Å². The Kier molecular flexibility index (Phi) is 9.43. The molecule has 1 fully saturated rings. The molecular weight excluding hydrogens is 324 g/mol. The van der Waals surface area contributed by atoms with Crippen molar-refractivity contribution in [2.45, 2.75) is 104 Å². The summed E-state index contributed by atoms with van der Waals surface area (Å²) in [5.74, 6) is -1.02. The predicted molar refractivity (Wildman–Crippen MR) is 94.0 cm³/mol. The van der Waals surface area contributed by atoms with Gasteiger partial charge >= 0.3 is 11.9 Å². The van der Waals surface area contributed by atoms with Crippen LogP contribution in [0, 0.1) is 0 Å². The molecule has 0 radical (unpaired) electrons. The van der Waals surface area contributed by atoms with Crippen molar-refractivity contribution in [1.82, 2.24) is 0 Å². The van der Waals surface area contributed by atoms with Crippen molar-refractivity contribution >= 4 is 11.9 Å². The normalized spacial score (nSPS) is 23.2. The molecule has 1 heterocycles. The lowest BCUT2D eigenvalue weighted by Gasteiger charge is -2.17. The molecule has 0 aromatic heterocycles. The van der Waals surface area contributed by atoms with E-state index in [1.165, 1.54) is 6.92 Å². The highest BCUT2D eigenvalue weighted by Gasteiger charge is 2.40. The minimum atomic E-state index is -0.603. The average molecular weight is 358 g/mol. The van der Waals surface area contributed by atoms with E-state index in [1.54, 1.807) is 6.92 Å². The maximum Gasteiger partial charge on any atom is 0.305 e. The summed E-state index contributed by atoms with van der Waals surface area (Å²) in [5.41, 5.74) is 0. The van der Waals surface area contributed by atoms with Gasteiger partial charge in [-0.15, -0.1) is 0 Å². The van der Waals surface area contributed by atoms with Gasteiger partial charge in [0.05, 0.1) is 24.9 Å². The largest absolute Gasteiger partial charge is 0.466 e. The van der Waals surface area contributed by atoms with Gasteiger partial charge in [0, 0.05) is 13.3 Å². The van der Waals surface area contributed by atoms with Crippen LogP contribution in [0.3, 0.4) is 0 Å². The maximum atomic E-state index is 11.6. The van der Waals surface area contributed by atoms with Gasteiger partial charge < -0.3 is 18.9 Å². The third-order valence-corrected chi connectivity index (χ3v) is 4.19. The molecule has 0 unspecified atom stereocenters. The first-order valence-electron chi connectivity index (χ1n) is 9.42. The first kappa shape index (κ1) is 21.9. The zero-order valence-electron chi connectivity index (χ0n) is 16.3. The molecular formula is C19H34O6. The second-order valence-corrected chi connectivity index (χ2v) is 7.11. The second-order valence-electron chi connectivity index (χ2n) is 7.11. The minimum absolute atomic E-state index is 0.00956. The molecule has 1 aliphatic heterocycles. The fourth-order valence-corrected chi connectivity index (χ4v) is 3.19. The van der Waals surface area contributed by atoms with Crippen LogP contribution in [0.5, 0.6) is 0 Å². The molecule has 0 amide bonds. The van der Waals surface area contributed by atoms with E-state index in [0.717, 1.165) is 32.1 Å².